The molecule has 0 fully saturated rings. The van der Waals surface area contributed by atoms with E-state index in [0.29, 0.717) is 0 Å². The second-order valence-corrected chi connectivity index (χ2v) is 9.34. The molecule has 0 spiro atoms. The van der Waals surface area contributed by atoms with Crippen LogP contribution in [0.25, 0.3) is 16.2 Å². The third kappa shape index (κ3) is 3.58. The molecule has 2 heterocycles. The molecule has 0 amide bonds. The molecule has 4 rings (SSSR count). The highest BCUT2D eigenvalue weighted by molar-refractivity contribution is 7.89. The summed E-state index contributed by atoms with van der Waals surface area (Å²) in [7, 11) is -3.64. The predicted molar refractivity (Wildman–Crippen MR) is 111 cm³/mol. The normalized spacial score (nSPS) is 11.9. The average molecular weight is 413 g/mol. The number of rotatable bonds is 6. The first-order valence-electron chi connectivity index (χ1n) is 8.97. The molecular formula is C20H20N4O2S2. The first kappa shape index (κ1) is 18.8. The van der Waals surface area contributed by atoms with Crippen LogP contribution >= 0.6 is 11.3 Å². The van der Waals surface area contributed by atoms with Crippen LogP contribution in [0.3, 0.4) is 0 Å². The van der Waals surface area contributed by atoms with Gasteiger partial charge in [0, 0.05) is 5.56 Å². The lowest BCUT2D eigenvalue weighted by Gasteiger charge is -2.08. The molecule has 0 aliphatic rings. The zero-order chi connectivity index (χ0) is 19.7. The third-order valence-electron chi connectivity index (χ3n) is 4.52. The summed E-state index contributed by atoms with van der Waals surface area (Å²) < 4.78 is 29.9. The molecule has 0 aliphatic heterocycles. The van der Waals surface area contributed by atoms with Gasteiger partial charge in [-0.15, -0.1) is 0 Å². The fourth-order valence-electron chi connectivity index (χ4n) is 3.02. The van der Waals surface area contributed by atoms with Crippen LogP contribution < -0.4 is 4.72 Å². The molecule has 0 aliphatic carbocycles. The van der Waals surface area contributed by atoms with E-state index in [4.69, 9.17) is 0 Å². The molecule has 0 saturated heterocycles. The van der Waals surface area contributed by atoms with Crippen molar-refractivity contribution >= 4 is 26.3 Å². The monoisotopic (exact) mass is 412 g/mol. The zero-order valence-corrected chi connectivity index (χ0v) is 17.2. The van der Waals surface area contributed by atoms with Crippen LogP contribution in [0.5, 0.6) is 0 Å². The Morgan fingerprint density at radius 3 is 2.46 bits per heavy atom. The van der Waals surface area contributed by atoms with E-state index in [-0.39, 0.29) is 11.4 Å². The maximum absolute atomic E-state index is 12.8. The van der Waals surface area contributed by atoms with Gasteiger partial charge in [0.25, 0.3) is 0 Å². The SMILES string of the molecule is CCc1ccc(S(=O)(=O)NCc2c(-c3ccccc3)nc3sc(C)nn23)cc1. The minimum absolute atomic E-state index is 0.104. The summed E-state index contributed by atoms with van der Waals surface area (Å²) in [5.41, 5.74) is 3.49. The van der Waals surface area contributed by atoms with Crippen molar-refractivity contribution in [2.45, 2.75) is 31.7 Å². The first-order chi connectivity index (χ1) is 13.5. The molecule has 4 aromatic rings. The fourth-order valence-corrected chi connectivity index (χ4v) is 4.77. The van der Waals surface area contributed by atoms with Crippen molar-refractivity contribution in [2.75, 3.05) is 0 Å². The van der Waals surface area contributed by atoms with Gasteiger partial charge >= 0.3 is 0 Å². The number of nitrogens with one attached hydrogen (secondary N) is 1. The number of aryl methyl sites for hydroxylation is 2. The number of hydrogen-bond donors (Lipinski definition) is 1. The molecule has 6 nitrogen and oxygen atoms in total. The van der Waals surface area contributed by atoms with E-state index in [2.05, 4.69) is 14.8 Å². The zero-order valence-electron chi connectivity index (χ0n) is 15.6. The summed E-state index contributed by atoms with van der Waals surface area (Å²) in [5, 5.41) is 5.37. The summed E-state index contributed by atoms with van der Waals surface area (Å²) in [6, 6.07) is 16.7. The summed E-state index contributed by atoms with van der Waals surface area (Å²) in [6.45, 7) is 4.05. The molecule has 0 bridgehead atoms. The number of nitrogens with zero attached hydrogens (tertiary/aromatic N) is 3. The molecule has 2 aromatic carbocycles. The van der Waals surface area contributed by atoms with E-state index >= 15 is 0 Å². The number of hydrogen-bond acceptors (Lipinski definition) is 5. The largest absolute Gasteiger partial charge is 0.240 e. The molecule has 2 aromatic heterocycles. The predicted octanol–water partition coefficient (Wildman–Crippen LogP) is 3.81. The van der Waals surface area contributed by atoms with Crippen LogP contribution in [0, 0.1) is 6.92 Å². The van der Waals surface area contributed by atoms with Crippen molar-refractivity contribution in [2.24, 2.45) is 0 Å². The van der Waals surface area contributed by atoms with E-state index in [1.807, 2.05) is 56.3 Å². The molecule has 0 saturated carbocycles. The van der Waals surface area contributed by atoms with Gasteiger partial charge in [0.15, 0.2) is 0 Å². The number of aromatic nitrogens is 3. The average Bonchev–Trinajstić information content (AvgIpc) is 3.23. The van der Waals surface area contributed by atoms with E-state index in [0.717, 1.165) is 38.9 Å². The highest BCUT2D eigenvalue weighted by atomic mass is 32.2. The fraction of sp³-hybridized carbons (Fsp3) is 0.200. The summed E-state index contributed by atoms with van der Waals surface area (Å²) in [4.78, 5) is 5.68. The molecule has 1 N–H and O–H groups in total. The second-order valence-electron chi connectivity index (χ2n) is 6.41. The Hall–Kier alpha value is -2.55. The van der Waals surface area contributed by atoms with Gasteiger partial charge < -0.3 is 0 Å². The van der Waals surface area contributed by atoms with Crippen LogP contribution in [0.4, 0.5) is 0 Å². The lowest BCUT2D eigenvalue weighted by Crippen LogP contribution is -2.24. The van der Waals surface area contributed by atoms with Gasteiger partial charge in [-0.25, -0.2) is 22.6 Å². The molecule has 8 heteroatoms. The van der Waals surface area contributed by atoms with E-state index < -0.39 is 10.0 Å². The summed E-state index contributed by atoms with van der Waals surface area (Å²) in [5.74, 6) is 0. The van der Waals surface area contributed by atoms with Gasteiger partial charge in [-0.2, -0.15) is 5.10 Å². The topological polar surface area (TPSA) is 76.4 Å². The quantitative estimate of drug-likeness (QED) is 0.522. The lowest BCUT2D eigenvalue weighted by atomic mass is 10.1. The Bertz CT molecular complexity index is 1210. The summed E-state index contributed by atoms with van der Waals surface area (Å²) >= 11 is 1.48. The van der Waals surface area contributed by atoms with Gasteiger partial charge in [0.05, 0.1) is 22.8 Å². The smallest absolute Gasteiger partial charge is 0.217 e. The van der Waals surface area contributed by atoms with E-state index in [9.17, 15) is 8.42 Å². The summed E-state index contributed by atoms with van der Waals surface area (Å²) in [6.07, 6.45) is 0.866. The van der Waals surface area contributed by atoms with Gasteiger partial charge in [-0.1, -0.05) is 60.7 Å². The Balaban J connectivity index is 1.68. The maximum atomic E-state index is 12.8. The molecular weight excluding hydrogens is 392 g/mol. The van der Waals surface area contributed by atoms with Gasteiger partial charge in [0.1, 0.15) is 5.01 Å². The van der Waals surface area contributed by atoms with Crippen molar-refractivity contribution < 1.29 is 8.42 Å². The van der Waals surface area contributed by atoms with Crippen LogP contribution in [-0.4, -0.2) is 23.0 Å². The highest BCUT2D eigenvalue weighted by Gasteiger charge is 2.20. The van der Waals surface area contributed by atoms with Crippen LogP contribution in [0.15, 0.2) is 59.5 Å². The number of imidazole rings is 1. The van der Waals surface area contributed by atoms with Gasteiger partial charge in [0.2, 0.25) is 15.0 Å². The highest BCUT2D eigenvalue weighted by Crippen LogP contribution is 2.27. The van der Waals surface area contributed by atoms with E-state index in [1.54, 1.807) is 16.6 Å². The number of benzene rings is 2. The molecule has 28 heavy (non-hydrogen) atoms. The molecule has 0 radical (unpaired) electrons. The number of fused-ring (bicyclic) bond motifs is 1. The molecule has 144 valence electrons. The van der Waals surface area contributed by atoms with Crippen LogP contribution in [0.2, 0.25) is 0 Å². The first-order valence-corrected chi connectivity index (χ1v) is 11.3. The minimum Gasteiger partial charge on any atom is -0.217 e. The Labute approximate surface area is 167 Å². The van der Waals surface area contributed by atoms with Crippen LogP contribution in [0.1, 0.15) is 23.2 Å². The number of sulfonamides is 1. The van der Waals surface area contributed by atoms with Crippen molar-refractivity contribution in [3.05, 3.63) is 70.9 Å². The molecule has 0 atom stereocenters. The van der Waals surface area contributed by atoms with Crippen molar-refractivity contribution in [3.63, 3.8) is 0 Å². The Kier molecular flexibility index (Phi) is 5.01. The molecule has 0 unspecified atom stereocenters. The van der Waals surface area contributed by atoms with Gasteiger partial charge in [-0.3, -0.25) is 0 Å². The van der Waals surface area contributed by atoms with Crippen molar-refractivity contribution in [1.82, 2.24) is 19.3 Å². The Morgan fingerprint density at radius 2 is 1.79 bits per heavy atom. The minimum atomic E-state index is -3.64. The standard InChI is InChI=1S/C20H20N4O2S2/c1-3-15-9-11-17(12-10-15)28(25,26)21-13-18-19(16-7-5-4-6-8-16)22-20-24(18)23-14(2)27-20/h4-12,21H,3,13H2,1-2H3. The second kappa shape index (κ2) is 7.46. The maximum Gasteiger partial charge on any atom is 0.240 e. The van der Waals surface area contributed by atoms with E-state index in [1.165, 1.54) is 11.3 Å². The van der Waals surface area contributed by atoms with Crippen molar-refractivity contribution in [3.8, 4) is 11.3 Å². The Morgan fingerprint density at radius 1 is 1.07 bits per heavy atom. The van der Waals surface area contributed by atoms with Gasteiger partial charge in [-0.05, 0) is 31.0 Å². The van der Waals surface area contributed by atoms with Crippen molar-refractivity contribution in [1.29, 1.82) is 0 Å². The third-order valence-corrected chi connectivity index (χ3v) is 6.76. The van der Waals surface area contributed by atoms with Crippen LogP contribution in [-0.2, 0) is 23.0 Å². The lowest BCUT2D eigenvalue weighted by molar-refractivity contribution is 0.579.